The van der Waals surface area contributed by atoms with Crippen molar-refractivity contribution in [2.45, 2.75) is 110 Å². The smallest absolute Gasteiger partial charge is 0.408 e. The second-order valence-corrected chi connectivity index (χ2v) is 14.0. The third-order valence-corrected chi connectivity index (χ3v) is 6.34. The highest BCUT2D eigenvalue weighted by atomic mass is 16.6. The van der Waals surface area contributed by atoms with Crippen molar-refractivity contribution in [2.24, 2.45) is 5.73 Å². The third-order valence-electron chi connectivity index (χ3n) is 6.34. The first-order valence-corrected chi connectivity index (χ1v) is 15.0. The molecule has 0 bridgehead atoms. The molecule has 0 radical (unpaired) electrons. The number of benzene rings is 2. The van der Waals surface area contributed by atoms with Crippen LogP contribution in [-0.4, -0.2) is 68.6 Å². The number of nitrogens with two attached hydrogens (primary N) is 1. The maximum Gasteiger partial charge on any atom is 0.408 e. The summed E-state index contributed by atoms with van der Waals surface area (Å²) in [5.41, 5.74) is 3.54. The molecular formula is C34H48N4O8. The second-order valence-electron chi connectivity index (χ2n) is 14.0. The monoisotopic (exact) mass is 640 g/mol. The van der Waals surface area contributed by atoms with Crippen molar-refractivity contribution in [1.82, 2.24) is 15.5 Å². The number of phenols is 1. The number of nitrogens with one attached hydrogen (secondary N) is 2. The van der Waals surface area contributed by atoms with Crippen molar-refractivity contribution in [3.8, 4) is 5.75 Å². The minimum atomic E-state index is -1.51. The second kappa shape index (κ2) is 15.1. The Hall–Kier alpha value is -4.61. The maximum atomic E-state index is 14.4. The summed E-state index contributed by atoms with van der Waals surface area (Å²) in [6, 6.07) is 10.7. The predicted octanol–water partition coefficient (Wildman–Crippen LogP) is 3.90. The van der Waals surface area contributed by atoms with E-state index in [0.717, 1.165) is 5.56 Å². The van der Waals surface area contributed by atoms with E-state index in [0.29, 0.717) is 0 Å². The number of hydrogen-bond donors (Lipinski definition) is 4. The molecule has 0 aliphatic carbocycles. The zero-order valence-corrected chi connectivity index (χ0v) is 28.2. The van der Waals surface area contributed by atoms with Crippen molar-refractivity contribution < 1.29 is 38.6 Å². The Kier molecular flexibility index (Phi) is 12.3. The molecule has 0 spiro atoms. The van der Waals surface area contributed by atoms with Gasteiger partial charge in [0.1, 0.15) is 35.1 Å². The number of nitrogens with zero attached hydrogens (tertiary/aromatic N) is 1. The van der Waals surface area contributed by atoms with Gasteiger partial charge < -0.3 is 35.8 Å². The number of ether oxygens (including phenoxy) is 2. The van der Waals surface area contributed by atoms with Crippen molar-refractivity contribution >= 4 is 29.8 Å². The van der Waals surface area contributed by atoms with Crippen molar-refractivity contribution in [3.63, 3.8) is 0 Å². The van der Waals surface area contributed by atoms with E-state index in [2.05, 4.69) is 10.6 Å². The first-order valence-electron chi connectivity index (χ1n) is 15.0. The topological polar surface area (TPSA) is 177 Å². The molecule has 3 atom stereocenters. The lowest BCUT2D eigenvalue weighted by Gasteiger charge is -2.43. The van der Waals surface area contributed by atoms with Crippen LogP contribution in [0.3, 0.4) is 0 Å². The summed E-state index contributed by atoms with van der Waals surface area (Å²) >= 11 is 0. The number of phenolic OH excluding ortho intramolecular Hbond substituents is 1. The SMILES string of the molecule is CC(C)(C)OC(=O)NC(CC(N)=O)C(=O)N(C(C(=O)NC(Cc1ccccc1)C(=O)OC(C)(C)C)c1cccc(O)c1)C(C)(C)C. The number of primary amides is 1. The summed E-state index contributed by atoms with van der Waals surface area (Å²) in [5, 5.41) is 15.6. The van der Waals surface area contributed by atoms with Gasteiger partial charge >= 0.3 is 12.1 Å². The fourth-order valence-electron chi connectivity index (χ4n) is 4.64. The van der Waals surface area contributed by atoms with Crippen LogP contribution in [0.4, 0.5) is 4.79 Å². The Bertz CT molecular complexity index is 1390. The van der Waals surface area contributed by atoms with Crippen LogP contribution < -0.4 is 16.4 Å². The van der Waals surface area contributed by atoms with Crippen molar-refractivity contribution in [1.29, 1.82) is 0 Å². The first-order chi connectivity index (χ1) is 21.1. The van der Waals surface area contributed by atoms with Gasteiger partial charge in [-0.05, 0) is 85.6 Å². The van der Waals surface area contributed by atoms with Crippen molar-refractivity contribution in [3.05, 3.63) is 65.7 Å². The fourth-order valence-corrected chi connectivity index (χ4v) is 4.64. The van der Waals surface area contributed by atoms with Crippen LogP contribution in [0.15, 0.2) is 54.6 Å². The van der Waals surface area contributed by atoms with Crippen LogP contribution in [0.25, 0.3) is 0 Å². The minimum Gasteiger partial charge on any atom is -0.508 e. The molecule has 0 saturated heterocycles. The standard InChI is InChI=1S/C34H48N4O8/c1-32(2,3)38(29(42)24(20-26(35)40)37-31(44)46-34(7,8)9)27(22-16-13-17-23(39)19-22)28(41)36-25(30(43)45-33(4,5)6)18-21-14-11-10-12-15-21/h10-17,19,24-25,27,39H,18,20H2,1-9H3,(H2,35,40)(H,36,41)(H,37,44). The van der Waals surface area contributed by atoms with Gasteiger partial charge in [-0.1, -0.05) is 42.5 Å². The lowest BCUT2D eigenvalue weighted by Crippen LogP contribution is -2.60. The van der Waals surface area contributed by atoms with Gasteiger partial charge in [0, 0.05) is 12.0 Å². The maximum absolute atomic E-state index is 14.4. The molecule has 3 unspecified atom stereocenters. The molecule has 2 aromatic carbocycles. The average Bonchev–Trinajstić information content (AvgIpc) is 2.88. The van der Waals surface area contributed by atoms with Crippen LogP contribution in [0.2, 0.25) is 0 Å². The molecule has 0 aliphatic heterocycles. The molecule has 4 amide bonds. The number of carbonyl (C=O) groups excluding carboxylic acids is 5. The quantitative estimate of drug-likeness (QED) is 0.267. The van der Waals surface area contributed by atoms with E-state index in [-0.39, 0.29) is 17.7 Å². The number of carbonyl (C=O) groups is 5. The van der Waals surface area contributed by atoms with E-state index in [9.17, 15) is 29.1 Å². The van der Waals surface area contributed by atoms with Gasteiger partial charge in [-0.3, -0.25) is 14.4 Å². The van der Waals surface area contributed by atoms with Gasteiger partial charge in [-0.15, -0.1) is 0 Å². The molecule has 5 N–H and O–H groups in total. The molecule has 0 heterocycles. The predicted molar refractivity (Wildman–Crippen MR) is 172 cm³/mol. The molecule has 46 heavy (non-hydrogen) atoms. The number of amides is 4. The molecule has 12 nitrogen and oxygen atoms in total. The summed E-state index contributed by atoms with van der Waals surface area (Å²) in [6.07, 6.45) is -1.47. The van der Waals surface area contributed by atoms with Gasteiger partial charge in [0.2, 0.25) is 17.7 Å². The molecule has 0 aliphatic rings. The Balaban J connectivity index is 2.66. The molecular weight excluding hydrogens is 592 g/mol. The number of hydrogen-bond acceptors (Lipinski definition) is 8. The number of aromatic hydroxyl groups is 1. The van der Waals surface area contributed by atoms with E-state index < -0.39 is 71.1 Å². The Morgan fingerprint density at radius 2 is 1.39 bits per heavy atom. The lowest BCUT2D eigenvalue weighted by molar-refractivity contribution is -0.159. The Labute approximate surface area is 271 Å². The summed E-state index contributed by atoms with van der Waals surface area (Å²) in [4.78, 5) is 68.1. The molecule has 0 saturated carbocycles. The van der Waals surface area contributed by atoms with Gasteiger partial charge in [0.25, 0.3) is 0 Å². The van der Waals surface area contributed by atoms with E-state index >= 15 is 0 Å². The summed E-state index contributed by atoms with van der Waals surface area (Å²) in [5.74, 6) is -3.33. The molecule has 0 aromatic heterocycles. The van der Waals surface area contributed by atoms with Gasteiger partial charge in [-0.25, -0.2) is 9.59 Å². The Morgan fingerprint density at radius 1 is 0.804 bits per heavy atom. The summed E-state index contributed by atoms with van der Waals surface area (Å²) < 4.78 is 10.9. The molecule has 0 fully saturated rings. The average molecular weight is 641 g/mol. The zero-order valence-electron chi connectivity index (χ0n) is 28.2. The number of alkyl carbamates (subject to hydrolysis) is 1. The van der Waals surface area contributed by atoms with Crippen LogP contribution >= 0.6 is 0 Å². The largest absolute Gasteiger partial charge is 0.508 e. The van der Waals surface area contributed by atoms with E-state index in [1.807, 2.05) is 6.07 Å². The van der Waals surface area contributed by atoms with E-state index in [4.69, 9.17) is 15.2 Å². The fraction of sp³-hybridized carbons (Fsp3) is 0.500. The van der Waals surface area contributed by atoms with Crippen LogP contribution in [-0.2, 0) is 35.1 Å². The molecule has 2 aromatic rings. The lowest BCUT2D eigenvalue weighted by atomic mass is 9.94. The number of rotatable bonds is 11. The van der Waals surface area contributed by atoms with Gasteiger partial charge in [0.15, 0.2) is 0 Å². The highest BCUT2D eigenvalue weighted by Crippen LogP contribution is 2.32. The third kappa shape index (κ3) is 12.1. The van der Waals surface area contributed by atoms with Crippen LogP contribution in [0, 0.1) is 0 Å². The van der Waals surface area contributed by atoms with Crippen LogP contribution in [0.1, 0.15) is 85.9 Å². The number of esters is 1. The molecule has 12 heteroatoms. The summed E-state index contributed by atoms with van der Waals surface area (Å²) in [7, 11) is 0. The molecule has 252 valence electrons. The van der Waals surface area contributed by atoms with Crippen molar-refractivity contribution in [2.75, 3.05) is 0 Å². The van der Waals surface area contributed by atoms with Gasteiger partial charge in [0.05, 0.1) is 6.42 Å². The first kappa shape index (κ1) is 37.6. The van der Waals surface area contributed by atoms with Gasteiger partial charge in [-0.2, -0.15) is 0 Å². The Morgan fingerprint density at radius 3 is 1.89 bits per heavy atom. The van der Waals surface area contributed by atoms with Crippen LogP contribution in [0.5, 0.6) is 5.75 Å². The minimum absolute atomic E-state index is 0.0855. The highest BCUT2D eigenvalue weighted by Gasteiger charge is 2.43. The van der Waals surface area contributed by atoms with E-state index in [1.165, 1.54) is 23.1 Å². The highest BCUT2D eigenvalue weighted by molar-refractivity contribution is 5.96. The van der Waals surface area contributed by atoms with E-state index in [1.54, 1.807) is 92.6 Å². The zero-order chi connectivity index (χ0) is 35.0. The summed E-state index contributed by atoms with van der Waals surface area (Å²) in [6.45, 7) is 15.0. The molecule has 2 rings (SSSR count). The normalized spacial score (nSPS) is 13.8.